The predicted octanol–water partition coefficient (Wildman–Crippen LogP) is 0.707. The Morgan fingerprint density at radius 2 is 1.87 bits per heavy atom. The van der Waals surface area contributed by atoms with E-state index in [0.717, 1.165) is 5.39 Å². The molecule has 30 heavy (non-hydrogen) atoms. The third-order valence-electron chi connectivity index (χ3n) is 5.22. The number of anilines is 1. The molecule has 2 amide bonds. The maximum atomic E-state index is 13.0. The number of aromatic nitrogens is 4. The summed E-state index contributed by atoms with van der Waals surface area (Å²) in [4.78, 5) is 36.8. The SMILES string of the molecule is CC(C(=O)N1CCN(c2ncc(C#N)cn2)CC1)n1cc2cccc(C(N)=O)c2n1. The van der Waals surface area contributed by atoms with E-state index in [1.807, 2.05) is 17.0 Å². The van der Waals surface area contributed by atoms with Crippen LogP contribution in [0.1, 0.15) is 28.9 Å². The van der Waals surface area contributed by atoms with Crippen LogP contribution in [0.25, 0.3) is 10.9 Å². The number of nitrogens with two attached hydrogens (primary N) is 1. The van der Waals surface area contributed by atoms with Gasteiger partial charge in [-0.25, -0.2) is 9.97 Å². The van der Waals surface area contributed by atoms with E-state index in [2.05, 4.69) is 15.1 Å². The molecule has 10 nitrogen and oxygen atoms in total. The Morgan fingerprint density at radius 1 is 1.17 bits per heavy atom. The lowest BCUT2D eigenvalue weighted by molar-refractivity contribution is -0.134. The predicted molar refractivity (Wildman–Crippen MR) is 109 cm³/mol. The first-order valence-electron chi connectivity index (χ1n) is 9.51. The highest BCUT2D eigenvalue weighted by molar-refractivity contribution is 6.04. The number of primary amides is 1. The monoisotopic (exact) mass is 404 g/mol. The number of carbonyl (C=O) groups excluding carboxylic acids is 2. The van der Waals surface area contributed by atoms with Crippen LogP contribution < -0.4 is 10.6 Å². The molecule has 1 atom stereocenters. The van der Waals surface area contributed by atoms with Crippen LogP contribution in [0.2, 0.25) is 0 Å². The highest BCUT2D eigenvalue weighted by atomic mass is 16.2. The van der Waals surface area contributed by atoms with E-state index in [-0.39, 0.29) is 5.91 Å². The van der Waals surface area contributed by atoms with Gasteiger partial charge in [0.2, 0.25) is 11.9 Å². The number of benzene rings is 1. The molecule has 4 rings (SSSR count). The third-order valence-corrected chi connectivity index (χ3v) is 5.22. The summed E-state index contributed by atoms with van der Waals surface area (Å²) in [6, 6.07) is 6.68. The second-order valence-corrected chi connectivity index (χ2v) is 7.09. The van der Waals surface area contributed by atoms with Crippen LogP contribution in [0.3, 0.4) is 0 Å². The van der Waals surface area contributed by atoms with E-state index in [1.165, 1.54) is 12.4 Å². The minimum Gasteiger partial charge on any atom is -0.366 e. The lowest BCUT2D eigenvalue weighted by atomic mass is 10.1. The van der Waals surface area contributed by atoms with Gasteiger partial charge in [-0.15, -0.1) is 0 Å². The van der Waals surface area contributed by atoms with Crippen LogP contribution in [-0.2, 0) is 4.79 Å². The summed E-state index contributed by atoms with van der Waals surface area (Å²) in [7, 11) is 0. The van der Waals surface area contributed by atoms with Crippen molar-refractivity contribution >= 4 is 28.7 Å². The van der Waals surface area contributed by atoms with Gasteiger partial charge < -0.3 is 15.5 Å². The fraction of sp³-hybridized carbons (Fsp3) is 0.300. The van der Waals surface area contributed by atoms with Gasteiger partial charge in [-0.3, -0.25) is 14.3 Å². The number of hydrogen-bond donors (Lipinski definition) is 1. The minimum atomic E-state index is -0.550. The number of nitriles is 1. The van der Waals surface area contributed by atoms with Gasteiger partial charge in [-0.1, -0.05) is 12.1 Å². The normalized spacial score (nSPS) is 15.1. The summed E-state index contributed by atoms with van der Waals surface area (Å²) in [6.07, 6.45) is 4.74. The molecule has 0 radical (unpaired) electrons. The number of carbonyl (C=O) groups is 2. The molecule has 1 aliphatic rings. The van der Waals surface area contributed by atoms with Crippen LogP contribution in [0.5, 0.6) is 0 Å². The van der Waals surface area contributed by atoms with Crippen molar-refractivity contribution in [3.63, 3.8) is 0 Å². The number of piperazine rings is 1. The maximum Gasteiger partial charge on any atom is 0.250 e. The number of amides is 2. The fourth-order valence-corrected chi connectivity index (χ4v) is 3.51. The molecule has 0 spiro atoms. The average Bonchev–Trinajstić information content (AvgIpc) is 3.22. The van der Waals surface area contributed by atoms with E-state index in [1.54, 1.807) is 34.8 Å². The molecule has 10 heteroatoms. The number of rotatable bonds is 4. The van der Waals surface area contributed by atoms with Crippen molar-refractivity contribution in [1.29, 1.82) is 5.26 Å². The summed E-state index contributed by atoms with van der Waals surface area (Å²) in [5, 5.41) is 14.0. The molecule has 3 heterocycles. The van der Waals surface area contributed by atoms with E-state index >= 15 is 0 Å². The van der Waals surface area contributed by atoms with Crippen LogP contribution in [-0.4, -0.2) is 62.6 Å². The second-order valence-electron chi connectivity index (χ2n) is 7.09. The smallest absolute Gasteiger partial charge is 0.250 e. The molecule has 1 saturated heterocycles. The van der Waals surface area contributed by atoms with E-state index < -0.39 is 11.9 Å². The number of hydrogen-bond acceptors (Lipinski definition) is 7. The molecule has 2 N–H and O–H groups in total. The van der Waals surface area contributed by atoms with Crippen molar-refractivity contribution in [1.82, 2.24) is 24.6 Å². The molecular weight excluding hydrogens is 384 g/mol. The van der Waals surface area contributed by atoms with Gasteiger partial charge in [0, 0.05) is 37.8 Å². The van der Waals surface area contributed by atoms with E-state index in [0.29, 0.717) is 48.8 Å². The lowest BCUT2D eigenvalue weighted by Crippen LogP contribution is -2.50. The van der Waals surface area contributed by atoms with Crippen LogP contribution >= 0.6 is 0 Å². The van der Waals surface area contributed by atoms with Gasteiger partial charge in [0.15, 0.2) is 0 Å². The van der Waals surface area contributed by atoms with Crippen molar-refractivity contribution in [2.24, 2.45) is 5.73 Å². The summed E-state index contributed by atoms with van der Waals surface area (Å²) in [6.45, 7) is 4.03. The Morgan fingerprint density at radius 3 is 2.50 bits per heavy atom. The van der Waals surface area contributed by atoms with Gasteiger partial charge in [0.1, 0.15) is 17.6 Å². The zero-order chi connectivity index (χ0) is 21.3. The van der Waals surface area contributed by atoms with Crippen molar-refractivity contribution in [2.75, 3.05) is 31.1 Å². The quantitative estimate of drug-likeness (QED) is 0.676. The molecule has 2 aromatic heterocycles. The molecule has 0 bridgehead atoms. The summed E-state index contributed by atoms with van der Waals surface area (Å²) < 4.78 is 1.58. The van der Waals surface area contributed by atoms with Crippen LogP contribution in [0, 0.1) is 11.3 Å². The summed E-state index contributed by atoms with van der Waals surface area (Å²) in [5.41, 5.74) is 6.66. The highest BCUT2D eigenvalue weighted by Gasteiger charge is 2.27. The largest absolute Gasteiger partial charge is 0.366 e. The first kappa shape index (κ1) is 19.3. The van der Waals surface area contributed by atoms with Crippen molar-refractivity contribution in [2.45, 2.75) is 13.0 Å². The molecular formula is C20H20N8O2. The molecule has 1 fully saturated rings. The Balaban J connectivity index is 1.45. The third kappa shape index (κ3) is 3.53. The van der Waals surface area contributed by atoms with Gasteiger partial charge in [0.05, 0.1) is 23.5 Å². The maximum absolute atomic E-state index is 13.0. The Hall–Kier alpha value is -4.00. The number of fused-ring (bicyclic) bond motifs is 1. The van der Waals surface area contributed by atoms with E-state index in [9.17, 15) is 9.59 Å². The second kappa shape index (κ2) is 7.79. The minimum absolute atomic E-state index is 0.0520. The zero-order valence-electron chi connectivity index (χ0n) is 16.4. The van der Waals surface area contributed by atoms with Crippen LogP contribution in [0.4, 0.5) is 5.95 Å². The Bertz CT molecular complexity index is 1140. The molecule has 1 unspecified atom stereocenters. The van der Waals surface area contributed by atoms with Crippen molar-refractivity contribution < 1.29 is 9.59 Å². The van der Waals surface area contributed by atoms with Gasteiger partial charge >= 0.3 is 0 Å². The van der Waals surface area contributed by atoms with Crippen molar-refractivity contribution in [3.8, 4) is 6.07 Å². The Labute approximate surface area is 172 Å². The number of nitrogens with zero attached hydrogens (tertiary/aromatic N) is 7. The van der Waals surface area contributed by atoms with Crippen molar-refractivity contribution in [3.05, 3.63) is 47.9 Å². The van der Waals surface area contributed by atoms with Gasteiger partial charge in [0.25, 0.3) is 5.91 Å². The molecule has 1 aromatic carbocycles. The average molecular weight is 404 g/mol. The zero-order valence-corrected chi connectivity index (χ0v) is 16.4. The molecule has 0 aliphatic carbocycles. The Kier molecular flexibility index (Phi) is 5.02. The first-order chi connectivity index (χ1) is 14.5. The van der Waals surface area contributed by atoms with Crippen LogP contribution in [0.15, 0.2) is 36.8 Å². The molecule has 1 aliphatic heterocycles. The standard InChI is InChI=1S/C20H20N8O2/c1-13(28-12-15-3-2-4-16(18(22)29)17(15)25-28)19(30)26-5-7-27(8-6-26)20-23-10-14(9-21)11-24-20/h2-4,10-13H,5-8H2,1H3,(H2,22,29). The van der Waals surface area contributed by atoms with Gasteiger partial charge in [-0.05, 0) is 13.0 Å². The van der Waals surface area contributed by atoms with E-state index in [4.69, 9.17) is 11.0 Å². The molecule has 152 valence electrons. The van der Waals surface area contributed by atoms with Gasteiger partial charge in [-0.2, -0.15) is 10.4 Å². The lowest BCUT2D eigenvalue weighted by Gasteiger charge is -2.35. The summed E-state index contributed by atoms with van der Waals surface area (Å²) in [5.74, 6) is -0.0544. The molecule has 3 aromatic rings. The summed E-state index contributed by atoms with van der Waals surface area (Å²) >= 11 is 0. The highest BCUT2D eigenvalue weighted by Crippen LogP contribution is 2.21. The fourth-order valence-electron chi connectivity index (χ4n) is 3.51. The topological polar surface area (TPSA) is 134 Å². The molecule has 0 saturated carbocycles. The first-order valence-corrected chi connectivity index (χ1v) is 9.51.